The van der Waals surface area contributed by atoms with Crippen LogP contribution in [0, 0.1) is 0 Å². The second kappa shape index (κ2) is 4.69. The maximum absolute atomic E-state index is 11.3. The summed E-state index contributed by atoms with van der Waals surface area (Å²) >= 11 is 0. The summed E-state index contributed by atoms with van der Waals surface area (Å²) in [5.74, 6) is -0.0676. The number of nitrogens with zero attached hydrogens (tertiary/aromatic N) is 3. The Morgan fingerprint density at radius 1 is 1.59 bits per heavy atom. The van der Waals surface area contributed by atoms with Crippen molar-refractivity contribution in [3.63, 3.8) is 0 Å². The summed E-state index contributed by atoms with van der Waals surface area (Å²) in [6, 6.07) is 0. The van der Waals surface area contributed by atoms with Gasteiger partial charge in [-0.2, -0.15) is 10.1 Å². The largest absolute Gasteiger partial charge is 0.461 e. The van der Waals surface area contributed by atoms with E-state index < -0.39 is 5.97 Å². The quantitative estimate of drug-likeness (QED) is 0.747. The molecule has 2 aromatic heterocycles. The van der Waals surface area contributed by atoms with Gasteiger partial charge in [0.1, 0.15) is 6.26 Å². The number of hydrogen-bond donors (Lipinski definition) is 0. The molecule has 0 saturated carbocycles. The van der Waals surface area contributed by atoms with E-state index in [2.05, 4.69) is 10.1 Å². The molecule has 0 aliphatic heterocycles. The smallest absolute Gasteiger partial charge is 0.400 e. The van der Waals surface area contributed by atoms with Gasteiger partial charge in [-0.1, -0.05) is 0 Å². The van der Waals surface area contributed by atoms with Gasteiger partial charge < -0.3 is 13.9 Å². The highest BCUT2D eigenvalue weighted by atomic mass is 16.6. The summed E-state index contributed by atoms with van der Waals surface area (Å²) in [4.78, 5) is 15.1. The van der Waals surface area contributed by atoms with Crippen molar-refractivity contribution < 1.29 is 18.7 Å². The average Bonchev–Trinajstić information content (AvgIpc) is 2.89. The molecule has 0 unspecified atom stereocenters. The van der Waals surface area contributed by atoms with E-state index in [1.807, 2.05) is 0 Å². The number of aryl methyl sites for hydroxylation is 1. The zero-order valence-corrected chi connectivity index (χ0v) is 9.41. The van der Waals surface area contributed by atoms with E-state index in [0.717, 1.165) is 0 Å². The first-order valence-corrected chi connectivity index (χ1v) is 4.98. The molecule has 2 rings (SSSR count). The molecule has 0 spiro atoms. The van der Waals surface area contributed by atoms with Gasteiger partial charge in [-0.3, -0.25) is 4.68 Å². The first-order chi connectivity index (χ1) is 8.19. The number of oxazole rings is 1. The lowest BCUT2D eigenvalue weighted by molar-refractivity contribution is 0.0519. The van der Waals surface area contributed by atoms with E-state index in [1.165, 1.54) is 12.5 Å². The number of carbonyl (C=O) groups excluding carboxylic acids is 1. The zero-order chi connectivity index (χ0) is 12.3. The van der Waals surface area contributed by atoms with Crippen LogP contribution < -0.4 is 4.74 Å². The Bertz CT molecular complexity index is 517. The van der Waals surface area contributed by atoms with Crippen molar-refractivity contribution in [3.8, 4) is 11.8 Å². The van der Waals surface area contributed by atoms with Crippen LogP contribution in [0.15, 0.2) is 23.1 Å². The Hall–Kier alpha value is -2.31. The van der Waals surface area contributed by atoms with Crippen molar-refractivity contribution in [1.82, 2.24) is 14.8 Å². The van der Waals surface area contributed by atoms with Crippen molar-refractivity contribution in [3.05, 3.63) is 24.4 Å². The minimum atomic E-state index is -0.544. The molecular weight excluding hydrogens is 226 g/mol. The third-order valence-electron chi connectivity index (χ3n) is 1.85. The molecule has 0 aliphatic carbocycles. The molecule has 0 atom stereocenters. The van der Waals surface area contributed by atoms with Gasteiger partial charge in [-0.15, -0.1) is 0 Å². The molecule has 7 heteroatoms. The molecule has 0 fully saturated rings. The van der Waals surface area contributed by atoms with Crippen molar-refractivity contribution in [2.45, 2.75) is 6.92 Å². The van der Waals surface area contributed by atoms with E-state index in [4.69, 9.17) is 13.9 Å². The highest BCUT2D eigenvalue weighted by Gasteiger charge is 2.14. The molecule has 2 heterocycles. The topological polar surface area (TPSA) is 79.4 Å². The first-order valence-electron chi connectivity index (χ1n) is 4.98. The fourth-order valence-electron chi connectivity index (χ4n) is 1.16. The summed E-state index contributed by atoms with van der Waals surface area (Å²) in [5, 5.41) is 3.91. The van der Waals surface area contributed by atoms with Crippen LogP contribution in [0.2, 0.25) is 0 Å². The summed E-state index contributed by atoms with van der Waals surface area (Å²) in [7, 11) is 1.76. The van der Waals surface area contributed by atoms with Gasteiger partial charge >= 0.3 is 12.0 Å². The van der Waals surface area contributed by atoms with E-state index in [-0.39, 0.29) is 18.4 Å². The van der Waals surface area contributed by atoms with Crippen molar-refractivity contribution in [2.75, 3.05) is 6.61 Å². The van der Waals surface area contributed by atoms with Crippen LogP contribution in [-0.4, -0.2) is 27.3 Å². The number of hydrogen-bond acceptors (Lipinski definition) is 6. The fourth-order valence-corrected chi connectivity index (χ4v) is 1.16. The molecular formula is C10H11N3O4. The molecule has 0 aromatic carbocycles. The zero-order valence-electron chi connectivity index (χ0n) is 9.41. The van der Waals surface area contributed by atoms with Gasteiger partial charge in [-0.25, -0.2) is 4.79 Å². The highest BCUT2D eigenvalue weighted by Crippen LogP contribution is 2.19. The second-order valence-electron chi connectivity index (χ2n) is 3.17. The van der Waals surface area contributed by atoms with Crippen molar-refractivity contribution >= 4 is 5.97 Å². The molecule has 0 N–H and O–H groups in total. The lowest BCUT2D eigenvalue weighted by Gasteiger charge is -1.95. The number of rotatable bonds is 4. The predicted molar refractivity (Wildman–Crippen MR) is 55.7 cm³/mol. The van der Waals surface area contributed by atoms with Crippen LogP contribution in [0.25, 0.3) is 0 Å². The summed E-state index contributed by atoms with van der Waals surface area (Å²) in [6.07, 6.45) is 4.31. The SMILES string of the molecule is CCOC(=O)c1coc(Oc2cnn(C)c2)n1. The summed E-state index contributed by atoms with van der Waals surface area (Å²) < 4.78 is 16.5. The fraction of sp³-hybridized carbons (Fsp3) is 0.300. The second-order valence-corrected chi connectivity index (χ2v) is 3.17. The molecule has 90 valence electrons. The summed E-state index contributed by atoms with van der Waals surface area (Å²) in [6.45, 7) is 2.00. The monoisotopic (exact) mass is 237 g/mol. The number of ether oxygens (including phenoxy) is 2. The molecule has 0 saturated heterocycles. The van der Waals surface area contributed by atoms with E-state index in [1.54, 1.807) is 24.9 Å². The van der Waals surface area contributed by atoms with Crippen molar-refractivity contribution in [2.24, 2.45) is 7.05 Å². The molecule has 0 bridgehead atoms. The van der Waals surface area contributed by atoms with Crippen molar-refractivity contribution in [1.29, 1.82) is 0 Å². The van der Waals surface area contributed by atoms with Gasteiger partial charge in [0.05, 0.1) is 19.0 Å². The molecule has 2 aromatic rings. The van der Waals surface area contributed by atoms with E-state index >= 15 is 0 Å². The average molecular weight is 237 g/mol. The minimum Gasteiger partial charge on any atom is -0.461 e. The van der Waals surface area contributed by atoms with E-state index in [0.29, 0.717) is 5.75 Å². The Balaban J connectivity index is 2.06. The Morgan fingerprint density at radius 3 is 3.06 bits per heavy atom. The molecule has 0 aliphatic rings. The first kappa shape index (κ1) is 11.2. The number of carbonyl (C=O) groups is 1. The molecule has 17 heavy (non-hydrogen) atoms. The normalized spacial score (nSPS) is 10.2. The van der Waals surface area contributed by atoms with Crippen LogP contribution in [0.5, 0.6) is 11.8 Å². The highest BCUT2D eigenvalue weighted by molar-refractivity contribution is 5.86. The molecule has 7 nitrogen and oxygen atoms in total. The van der Waals surface area contributed by atoms with Crippen LogP contribution in [0.1, 0.15) is 17.4 Å². The number of aromatic nitrogens is 3. The summed E-state index contributed by atoms with van der Waals surface area (Å²) in [5.41, 5.74) is 0.0748. The van der Waals surface area contributed by atoms with Gasteiger partial charge in [0.2, 0.25) is 0 Å². The van der Waals surface area contributed by atoms with E-state index in [9.17, 15) is 4.79 Å². The Morgan fingerprint density at radius 2 is 2.41 bits per heavy atom. The van der Waals surface area contributed by atoms with Gasteiger partial charge in [-0.05, 0) is 6.92 Å². The predicted octanol–water partition coefficient (Wildman–Crippen LogP) is 1.38. The maximum Gasteiger partial charge on any atom is 0.400 e. The number of esters is 1. The lowest BCUT2D eigenvalue weighted by atomic mass is 10.5. The molecule has 0 radical (unpaired) electrons. The van der Waals surface area contributed by atoms with Crippen LogP contribution in [-0.2, 0) is 11.8 Å². The van der Waals surface area contributed by atoms with Crippen LogP contribution in [0.4, 0.5) is 0 Å². The molecule has 0 amide bonds. The van der Waals surface area contributed by atoms with Gasteiger partial charge in [0.15, 0.2) is 11.4 Å². The Kier molecular flexibility index (Phi) is 3.08. The third-order valence-corrected chi connectivity index (χ3v) is 1.85. The third kappa shape index (κ3) is 2.63. The van der Waals surface area contributed by atoms with Crippen LogP contribution in [0.3, 0.4) is 0 Å². The van der Waals surface area contributed by atoms with Gasteiger partial charge in [0.25, 0.3) is 0 Å². The maximum atomic E-state index is 11.3. The Labute approximate surface area is 97.0 Å². The van der Waals surface area contributed by atoms with Gasteiger partial charge in [0, 0.05) is 7.05 Å². The lowest BCUT2D eigenvalue weighted by Crippen LogP contribution is -2.04. The minimum absolute atomic E-state index is 0.0268. The standard InChI is InChI=1S/C10H11N3O4/c1-3-15-9(14)8-6-16-10(12-8)17-7-4-11-13(2)5-7/h4-6H,3H2,1-2H3. The van der Waals surface area contributed by atoms with Crippen LogP contribution >= 0.6 is 0 Å².